The molecule has 1 N–H and O–H groups in total. The summed E-state index contributed by atoms with van der Waals surface area (Å²) >= 11 is 12.3. The van der Waals surface area contributed by atoms with Crippen LogP contribution in [0.1, 0.15) is 11.3 Å². The van der Waals surface area contributed by atoms with E-state index in [0.717, 1.165) is 16.8 Å². The van der Waals surface area contributed by atoms with Crippen molar-refractivity contribution in [3.8, 4) is 17.0 Å². The summed E-state index contributed by atoms with van der Waals surface area (Å²) in [5.74, 6) is 0.774. The lowest BCUT2D eigenvalue weighted by Crippen LogP contribution is -2.07. The number of hydrogen-bond acceptors (Lipinski definition) is 4. The van der Waals surface area contributed by atoms with Crippen LogP contribution in [0.4, 0.5) is 5.69 Å². The van der Waals surface area contributed by atoms with Crippen LogP contribution in [0.5, 0.6) is 0 Å². The summed E-state index contributed by atoms with van der Waals surface area (Å²) in [4.78, 5) is 14.0. The zero-order valence-electron chi connectivity index (χ0n) is 18.0. The van der Waals surface area contributed by atoms with Crippen molar-refractivity contribution >= 4 is 51.9 Å². The summed E-state index contributed by atoms with van der Waals surface area (Å²) in [5, 5.41) is 12.7. The minimum atomic E-state index is -0.302. The Morgan fingerprint density at radius 2 is 1.76 bits per heavy atom. The maximum atomic E-state index is 12.4. The molecular formula is C26H18Cl2N4O2. The van der Waals surface area contributed by atoms with Gasteiger partial charge in [0.05, 0.1) is 15.7 Å². The number of benzene rings is 3. The first kappa shape index (κ1) is 21.9. The number of fused-ring (bicyclic) bond motifs is 1. The van der Waals surface area contributed by atoms with E-state index in [-0.39, 0.29) is 5.91 Å². The van der Waals surface area contributed by atoms with Crippen LogP contribution in [0.3, 0.4) is 0 Å². The lowest BCUT2D eigenvalue weighted by Gasteiger charge is -2.02. The van der Waals surface area contributed by atoms with Crippen molar-refractivity contribution < 1.29 is 9.21 Å². The van der Waals surface area contributed by atoms with E-state index in [1.165, 1.54) is 6.08 Å². The molecule has 0 aliphatic carbocycles. The van der Waals surface area contributed by atoms with E-state index in [2.05, 4.69) is 15.5 Å². The van der Waals surface area contributed by atoms with E-state index in [0.29, 0.717) is 38.3 Å². The van der Waals surface area contributed by atoms with Gasteiger partial charge in [-0.2, -0.15) is 4.80 Å². The third kappa shape index (κ3) is 4.59. The molecular weight excluding hydrogens is 471 g/mol. The van der Waals surface area contributed by atoms with Crippen LogP contribution in [0.25, 0.3) is 34.1 Å². The van der Waals surface area contributed by atoms with Crippen molar-refractivity contribution in [1.82, 2.24) is 15.0 Å². The van der Waals surface area contributed by atoms with Crippen LogP contribution in [-0.2, 0) is 4.79 Å². The lowest BCUT2D eigenvalue weighted by molar-refractivity contribution is -0.111. The number of nitrogens with one attached hydrogen (secondary N) is 1. The molecule has 2 aromatic heterocycles. The second-order valence-electron chi connectivity index (χ2n) is 7.65. The van der Waals surface area contributed by atoms with Gasteiger partial charge in [-0.1, -0.05) is 47.0 Å². The van der Waals surface area contributed by atoms with Gasteiger partial charge in [0.15, 0.2) is 0 Å². The molecule has 0 saturated carbocycles. The molecule has 2 heterocycles. The van der Waals surface area contributed by atoms with Crippen molar-refractivity contribution in [3.63, 3.8) is 0 Å². The van der Waals surface area contributed by atoms with Gasteiger partial charge in [0, 0.05) is 17.3 Å². The Morgan fingerprint density at radius 1 is 0.971 bits per heavy atom. The highest BCUT2D eigenvalue weighted by molar-refractivity contribution is 6.43. The Balaban J connectivity index is 1.29. The predicted octanol–water partition coefficient (Wildman–Crippen LogP) is 6.95. The number of rotatable bonds is 5. The molecule has 5 aromatic rings. The fourth-order valence-corrected chi connectivity index (χ4v) is 3.80. The number of aryl methyl sites for hydroxylation is 1. The van der Waals surface area contributed by atoms with Gasteiger partial charge >= 0.3 is 0 Å². The Kier molecular flexibility index (Phi) is 5.92. The van der Waals surface area contributed by atoms with E-state index in [4.69, 9.17) is 27.6 Å². The Hall–Kier alpha value is -3.87. The van der Waals surface area contributed by atoms with Gasteiger partial charge in [0.2, 0.25) is 5.91 Å². The van der Waals surface area contributed by atoms with Crippen molar-refractivity contribution in [2.75, 3.05) is 5.32 Å². The Bertz CT molecular complexity index is 1530. The molecule has 8 heteroatoms. The van der Waals surface area contributed by atoms with E-state index < -0.39 is 0 Å². The van der Waals surface area contributed by atoms with Crippen LogP contribution < -0.4 is 5.32 Å². The Morgan fingerprint density at radius 3 is 2.59 bits per heavy atom. The van der Waals surface area contributed by atoms with Crippen molar-refractivity contribution in [1.29, 1.82) is 0 Å². The van der Waals surface area contributed by atoms with Gasteiger partial charge in [-0.15, -0.1) is 10.2 Å². The van der Waals surface area contributed by atoms with Gasteiger partial charge < -0.3 is 9.73 Å². The number of hydrogen-bond donors (Lipinski definition) is 1. The molecule has 0 aliphatic heterocycles. The molecule has 5 rings (SSSR count). The first-order valence-electron chi connectivity index (χ1n) is 10.4. The molecule has 0 radical (unpaired) electrons. The standard InChI is InChI=1S/C26H18Cl2N4O2/c1-16-5-8-18(9-6-16)32-30-22-12-7-17(15-23(22)31-32)29-25(33)14-11-19-10-13-24(34-19)20-3-2-4-21(27)26(20)28/h2-15H,1H3,(H,29,33). The SMILES string of the molecule is Cc1ccc(-n2nc3ccc(NC(=O)C=Cc4ccc(-c5cccc(Cl)c5Cl)o4)cc3n2)cc1. The minimum absolute atomic E-state index is 0.302. The van der Waals surface area contributed by atoms with Crippen LogP contribution in [-0.4, -0.2) is 20.9 Å². The number of amides is 1. The van der Waals surface area contributed by atoms with Crippen molar-refractivity contribution in [2.45, 2.75) is 6.92 Å². The first-order chi connectivity index (χ1) is 16.5. The molecule has 3 aromatic carbocycles. The van der Waals surface area contributed by atoms with E-state index >= 15 is 0 Å². The summed E-state index contributed by atoms with van der Waals surface area (Å²) < 4.78 is 5.79. The van der Waals surface area contributed by atoms with E-state index in [1.54, 1.807) is 47.3 Å². The lowest BCUT2D eigenvalue weighted by atomic mass is 10.2. The average Bonchev–Trinajstić information content (AvgIpc) is 3.47. The van der Waals surface area contributed by atoms with Crippen LogP contribution in [0, 0.1) is 6.92 Å². The molecule has 1 amide bonds. The molecule has 34 heavy (non-hydrogen) atoms. The van der Waals surface area contributed by atoms with Gasteiger partial charge in [0.1, 0.15) is 22.6 Å². The topological polar surface area (TPSA) is 73.0 Å². The molecule has 6 nitrogen and oxygen atoms in total. The summed E-state index contributed by atoms with van der Waals surface area (Å²) in [6, 6.07) is 22.2. The van der Waals surface area contributed by atoms with Gasteiger partial charge in [-0.25, -0.2) is 0 Å². The monoisotopic (exact) mass is 488 g/mol. The highest BCUT2D eigenvalue weighted by atomic mass is 35.5. The summed E-state index contributed by atoms with van der Waals surface area (Å²) in [5.41, 5.74) is 4.74. The second-order valence-corrected chi connectivity index (χ2v) is 8.44. The minimum Gasteiger partial charge on any atom is -0.457 e. The average molecular weight is 489 g/mol. The highest BCUT2D eigenvalue weighted by Gasteiger charge is 2.11. The van der Waals surface area contributed by atoms with Gasteiger partial charge in [0.25, 0.3) is 0 Å². The van der Waals surface area contributed by atoms with E-state index in [1.807, 2.05) is 43.3 Å². The second kappa shape index (κ2) is 9.17. The van der Waals surface area contributed by atoms with E-state index in [9.17, 15) is 4.79 Å². The fraction of sp³-hybridized carbons (Fsp3) is 0.0385. The molecule has 0 spiro atoms. The number of aromatic nitrogens is 3. The predicted molar refractivity (Wildman–Crippen MR) is 135 cm³/mol. The third-order valence-electron chi connectivity index (χ3n) is 5.16. The normalized spacial score (nSPS) is 11.4. The Labute approximate surface area is 205 Å². The molecule has 0 unspecified atom stereocenters. The maximum Gasteiger partial charge on any atom is 0.248 e. The number of halogens is 2. The van der Waals surface area contributed by atoms with Crippen molar-refractivity contribution in [2.24, 2.45) is 0 Å². The zero-order chi connectivity index (χ0) is 23.7. The zero-order valence-corrected chi connectivity index (χ0v) is 19.5. The molecule has 0 fully saturated rings. The third-order valence-corrected chi connectivity index (χ3v) is 5.97. The quantitative estimate of drug-likeness (QED) is 0.271. The smallest absolute Gasteiger partial charge is 0.248 e. The highest BCUT2D eigenvalue weighted by Crippen LogP contribution is 2.34. The number of furan rings is 1. The fourth-order valence-electron chi connectivity index (χ4n) is 3.41. The molecule has 168 valence electrons. The molecule has 0 saturated heterocycles. The summed E-state index contributed by atoms with van der Waals surface area (Å²) in [6.07, 6.45) is 2.99. The maximum absolute atomic E-state index is 12.4. The number of nitrogens with zero attached hydrogens (tertiary/aromatic N) is 3. The molecule has 0 aliphatic rings. The van der Waals surface area contributed by atoms with Crippen LogP contribution in [0.15, 0.2) is 83.3 Å². The molecule has 0 atom stereocenters. The number of carbonyl (C=O) groups excluding carboxylic acids is 1. The van der Waals surface area contributed by atoms with Gasteiger partial charge in [-0.3, -0.25) is 4.79 Å². The van der Waals surface area contributed by atoms with Crippen LogP contribution >= 0.6 is 23.2 Å². The summed E-state index contributed by atoms with van der Waals surface area (Å²) in [7, 11) is 0. The number of carbonyl (C=O) groups is 1. The van der Waals surface area contributed by atoms with Crippen molar-refractivity contribution in [3.05, 3.63) is 100 Å². The summed E-state index contributed by atoms with van der Waals surface area (Å²) in [6.45, 7) is 2.03. The first-order valence-corrected chi connectivity index (χ1v) is 11.2. The van der Waals surface area contributed by atoms with Gasteiger partial charge in [-0.05, 0) is 67.6 Å². The largest absolute Gasteiger partial charge is 0.457 e. The molecule has 0 bridgehead atoms. The number of anilines is 1. The van der Waals surface area contributed by atoms with Crippen LogP contribution in [0.2, 0.25) is 10.0 Å².